The van der Waals surface area contributed by atoms with Crippen molar-refractivity contribution in [3.63, 3.8) is 0 Å². The van der Waals surface area contributed by atoms with Crippen LogP contribution in [0.15, 0.2) is 29.2 Å². The number of hydrogen-bond donors (Lipinski definition) is 0. The summed E-state index contributed by atoms with van der Waals surface area (Å²) in [4.78, 5) is 17.7. The molecule has 0 saturated carbocycles. The number of piperidine rings is 1. The number of nitrogens with zero attached hydrogens (tertiary/aromatic N) is 3. The molecule has 1 aromatic carbocycles. The highest BCUT2D eigenvalue weighted by molar-refractivity contribution is 7.89. The van der Waals surface area contributed by atoms with E-state index in [1.165, 1.54) is 4.31 Å². The van der Waals surface area contributed by atoms with Gasteiger partial charge in [-0.25, -0.2) is 8.42 Å². The van der Waals surface area contributed by atoms with E-state index >= 15 is 0 Å². The molecule has 4 rings (SSSR count). The van der Waals surface area contributed by atoms with E-state index in [1.807, 2.05) is 24.0 Å². The SMILES string of the molecule is Cc1ccc(S(=O)(=O)N2CCC(C(=O)N3CCN(CC4CCCO4)CC3)CC2)cc1. The molecule has 0 aliphatic carbocycles. The minimum atomic E-state index is -3.48. The third-order valence-electron chi connectivity index (χ3n) is 6.63. The Labute approximate surface area is 180 Å². The predicted octanol–water partition coefficient (Wildman–Crippen LogP) is 1.72. The molecule has 1 atom stereocenters. The Hall–Kier alpha value is -1.48. The number of amides is 1. The number of piperazine rings is 1. The number of ether oxygens (including phenoxy) is 1. The molecule has 8 heteroatoms. The first-order valence-electron chi connectivity index (χ1n) is 11.1. The summed E-state index contributed by atoms with van der Waals surface area (Å²) in [5, 5.41) is 0. The molecule has 0 spiro atoms. The van der Waals surface area contributed by atoms with Crippen LogP contribution in [-0.2, 0) is 19.6 Å². The molecule has 3 aliphatic heterocycles. The molecule has 30 heavy (non-hydrogen) atoms. The van der Waals surface area contributed by atoms with Crippen molar-refractivity contribution in [2.75, 3.05) is 52.4 Å². The van der Waals surface area contributed by atoms with E-state index < -0.39 is 10.0 Å². The first kappa shape index (κ1) is 21.7. The van der Waals surface area contributed by atoms with Crippen LogP contribution in [-0.4, -0.2) is 87.0 Å². The van der Waals surface area contributed by atoms with Crippen molar-refractivity contribution in [2.45, 2.75) is 43.6 Å². The zero-order valence-electron chi connectivity index (χ0n) is 17.8. The molecule has 1 aromatic rings. The second-order valence-corrected chi connectivity index (χ2v) is 10.7. The van der Waals surface area contributed by atoms with Crippen molar-refractivity contribution < 1.29 is 17.9 Å². The highest BCUT2D eigenvalue weighted by Gasteiger charge is 2.35. The van der Waals surface area contributed by atoms with Gasteiger partial charge >= 0.3 is 0 Å². The maximum atomic E-state index is 13.0. The zero-order valence-corrected chi connectivity index (χ0v) is 18.6. The Morgan fingerprint density at radius 2 is 1.67 bits per heavy atom. The van der Waals surface area contributed by atoms with Crippen LogP contribution in [0.3, 0.4) is 0 Å². The maximum Gasteiger partial charge on any atom is 0.243 e. The first-order valence-corrected chi connectivity index (χ1v) is 12.6. The van der Waals surface area contributed by atoms with Crippen molar-refractivity contribution in [1.29, 1.82) is 0 Å². The average Bonchev–Trinajstić information content (AvgIpc) is 3.27. The maximum absolute atomic E-state index is 13.0. The van der Waals surface area contributed by atoms with Gasteiger partial charge in [0.1, 0.15) is 0 Å². The summed E-state index contributed by atoms with van der Waals surface area (Å²) in [6.07, 6.45) is 3.84. The molecule has 0 bridgehead atoms. The number of aryl methyl sites for hydroxylation is 1. The average molecular weight is 436 g/mol. The molecule has 3 saturated heterocycles. The number of rotatable bonds is 5. The molecule has 166 valence electrons. The van der Waals surface area contributed by atoms with Crippen LogP contribution in [0.5, 0.6) is 0 Å². The van der Waals surface area contributed by atoms with Gasteiger partial charge in [-0.3, -0.25) is 9.69 Å². The molecule has 0 aromatic heterocycles. The fourth-order valence-corrected chi connectivity index (χ4v) is 6.16. The Bertz CT molecular complexity index is 820. The lowest BCUT2D eigenvalue weighted by Crippen LogP contribution is -2.53. The van der Waals surface area contributed by atoms with E-state index in [9.17, 15) is 13.2 Å². The second kappa shape index (κ2) is 9.34. The van der Waals surface area contributed by atoms with Crippen molar-refractivity contribution in [1.82, 2.24) is 14.1 Å². The van der Waals surface area contributed by atoms with Crippen molar-refractivity contribution in [3.05, 3.63) is 29.8 Å². The van der Waals surface area contributed by atoms with Crippen LogP contribution >= 0.6 is 0 Å². The minimum Gasteiger partial charge on any atom is -0.377 e. The quantitative estimate of drug-likeness (QED) is 0.704. The summed E-state index contributed by atoms with van der Waals surface area (Å²) in [6.45, 7) is 7.91. The van der Waals surface area contributed by atoms with Crippen LogP contribution < -0.4 is 0 Å². The molecular formula is C22H33N3O4S. The monoisotopic (exact) mass is 435 g/mol. The summed E-state index contributed by atoms with van der Waals surface area (Å²) in [7, 11) is -3.48. The van der Waals surface area contributed by atoms with Crippen LogP contribution in [0.4, 0.5) is 0 Å². The first-order chi connectivity index (χ1) is 14.4. The Morgan fingerprint density at radius 3 is 2.27 bits per heavy atom. The molecule has 7 nitrogen and oxygen atoms in total. The summed E-state index contributed by atoms with van der Waals surface area (Å²) < 4.78 is 33.0. The molecule has 3 fully saturated rings. The third-order valence-corrected chi connectivity index (χ3v) is 8.54. The van der Waals surface area contributed by atoms with Gasteiger partial charge in [0.15, 0.2) is 0 Å². The Balaban J connectivity index is 1.26. The predicted molar refractivity (Wildman–Crippen MR) is 115 cm³/mol. The lowest BCUT2D eigenvalue weighted by atomic mass is 9.96. The number of sulfonamides is 1. The lowest BCUT2D eigenvalue weighted by molar-refractivity contribution is -0.138. The number of benzene rings is 1. The number of carbonyl (C=O) groups is 1. The number of carbonyl (C=O) groups excluding carboxylic acids is 1. The van der Waals surface area contributed by atoms with Crippen molar-refractivity contribution in [2.24, 2.45) is 5.92 Å². The van der Waals surface area contributed by atoms with E-state index in [-0.39, 0.29) is 11.8 Å². The van der Waals surface area contributed by atoms with Crippen LogP contribution in [0, 0.1) is 12.8 Å². The fourth-order valence-electron chi connectivity index (χ4n) is 4.69. The fraction of sp³-hybridized carbons (Fsp3) is 0.682. The molecule has 0 radical (unpaired) electrons. The van der Waals surface area contributed by atoms with Crippen molar-refractivity contribution >= 4 is 15.9 Å². The van der Waals surface area contributed by atoms with E-state index in [2.05, 4.69) is 4.90 Å². The van der Waals surface area contributed by atoms with Gasteiger partial charge in [0, 0.05) is 58.3 Å². The Kier molecular flexibility index (Phi) is 6.77. The molecule has 1 amide bonds. The Morgan fingerprint density at radius 1 is 1.00 bits per heavy atom. The number of hydrogen-bond acceptors (Lipinski definition) is 5. The van der Waals surface area contributed by atoms with E-state index in [1.54, 1.807) is 12.1 Å². The van der Waals surface area contributed by atoms with Crippen molar-refractivity contribution in [3.8, 4) is 0 Å². The molecule has 1 unspecified atom stereocenters. The van der Waals surface area contributed by atoms with Gasteiger partial charge in [-0.1, -0.05) is 17.7 Å². The lowest BCUT2D eigenvalue weighted by Gasteiger charge is -2.38. The van der Waals surface area contributed by atoms with Gasteiger partial charge in [0.25, 0.3) is 0 Å². The molecule has 0 N–H and O–H groups in total. The van der Waals surface area contributed by atoms with Crippen LogP contribution in [0.2, 0.25) is 0 Å². The largest absolute Gasteiger partial charge is 0.377 e. The summed E-state index contributed by atoms with van der Waals surface area (Å²) in [5.41, 5.74) is 1.04. The normalized spacial score (nSPS) is 25.0. The summed E-state index contributed by atoms with van der Waals surface area (Å²) in [6, 6.07) is 6.97. The molecule has 3 aliphatic rings. The highest BCUT2D eigenvalue weighted by Crippen LogP contribution is 2.26. The summed E-state index contributed by atoms with van der Waals surface area (Å²) in [5.74, 6) is 0.123. The smallest absolute Gasteiger partial charge is 0.243 e. The van der Waals surface area contributed by atoms with Gasteiger partial charge in [-0.2, -0.15) is 4.31 Å². The summed E-state index contributed by atoms with van der Waals surface area (Å²) >= 11 is 0. The van der Waals surface area contributed by atoms with Gasteiger partial charge in [0.2, 0.25) is 15.9 Å². The topological polar surface area (TPSA) is 70.2 Å². The van der Waals surface area contributed by atoms with E-state index in [0.717, 1.165) is 57.7 Å². The van der Waals surface area contributed by atoms with Gasteiger partial charge < -0.3 is 9.64 Å². The van der Waals surface area contributed by atoms with Crippen LogP contribution in [0.25, 0.3) is 0 Å². The highest BCUT2D eigenvalue weighted by atomic mass is 32.2. The van der Waals surface area contributed by atoms with Gasteiger partial charge in [-0.05, 0) is 44.7 Å². The third kappa shape index (κ3) is 4.88. The second-order valence-electron chi connectivity index (χ2n) is 8.75. The standard InChI is InChI=1S/C22H33N3O4S/c1-18-4-6-21(7-5-18)30(27,28)25-10-8-19(9-11-25)22(26)24-14-12-23(13-15-24)17-20-3-2-16-29-20/h4-7,19-20H,2-3,8-17H2,1H3. The van der Waals surface area contributed by atoms with Gasteiger partial charge in [-0.15, -0.1) is 0 Å². The zero-order chi connectivity index (χ0) is 21.1. The minimum absolute atomic E-state index is 0.0702. The molecular weight excluding hydrogens is 402 g/mol. The van der Waals surface area contributed by atoms with Crippen LogP contribution in [0.1, 0.15) is 31.2 Å². The molecule has 3 heterocycles. The van der Waals surface area contributed by atoms with E-state index in [0.29, 0.717) is 36.9 Å². The van der Waals surface area contributed by atoms with E-state index in [4.69, 9.17) is 4.74 Å². The van der Waals surface area contributed by atoms with Gasteiger partial charge in [0.05, 0.1) is 11.0 Å².